The topological polar surface area (TPSA) is 77.8 Å². The fraction of sp³-hybridized carbons (Fsp3) is 0.333. The highest BCUT2D eigenvalue weighted by atomic mass is 32.2. The molecule has 1 aromatic carbocycles. The highest BCUT2D eigenvalue weighted by Gasteiger charge is 2.33. The van der Waals surface area contributed by atoms with Crippen molar-refractivity contribution in [2.45, 2.75) is 6.04 Å². The smallest absolute Gasteiger partial charge is 0.327 e. The Kier molecular flexibility index (Phi) is 3.94. The van der Waals surface area contributed by atoms with Crippen LogP contribution in [0.15, 0.2) is 18.2 Å². The van der Waals surface area contributed by atoms with Gasteiger partial charge in [-0.25, -0.2) is 9.18 Å². The van der Waals surface area contributed by atoms with Crippen LogP contribution in [-0.4, -0.2) is 51.1 Å². The summed E-state index contributed by atoms with van der Waals surface area (Å²) in [6, 6.07) is 2.13. The number of nitrogens with zero attached hydrogens (tertiary/aromatic N) is 1. The van der Waals surface area contributed by atoms with E-state index in [-0.39, 0.29) is 12.1 Å². The van der Waals surface area contributed by atoms with Gasteiger partial charge in [0.1, 0.15) is 17.6 Å². The lowest BCUT2D eigenvalue weighted by Gasteiger charge is -2.32. The summed E-state index contributed by atoms with van der Waals surface area (Å²) in [5, 5.41) is 18.7. The third kappa shape index (κ3) is 2.81. The number of amides is 1. The fourth-order valence-corrected chi connectivity index (χ4v) is 2.93. The minimum Gasteiger partial charge on any atom is -0.507 e. The van der Waals surface area contributed by atoms with E-state index in [2.05, 4.69) is 0 Å². The number of aromatic hydroxyl groups is 1. The molecule has 1 fully saturated rings. The van der Waals surface area contributed by atoms with Crippen molar-refractivity contribution < 1.29 is 24.2 Å². The number of carboxylic acids is 1. The monoisotopic (exact) mass is 285 g/mol. The minimum atomic E-state index is -1.08. The number of phenolic OH excluding ortho intramolecular Hbond substituents is 1. The molecule has 0 aromatic heterocycles. The lowest BCUT2D eigenvalue weighted by atomic mass is 10.1. The van der Waals surface area contributed by atoms with E-state index in [9.17, 15) is 19.1 Å². The molecule has 5 nitrogen and oxygen atoms in total. The SMILES string of the molecule is O=C(O)C1CSCCN1C(=O)c1ccc(F)cc1O. The molecule has 1 aliphatic heterocycles. The number of phenols is 1. The third-order valence-electron chi connectivity index (χ3n) is 2.86. The molecule has 1 unspecified atom stereocenters. The van der Waals surface area contributed by atoms with Gasteiger partial charge in [-0.1, -0.05) is 0 Å². The van der Waals surface area contributed by atoms with Gasteiger partial charge in [-0.15, -0.1) is 0 Å². The second-order valence-electron chi connectivity index (χ2n) is 4.09. The van der Waals surface area contributed by atoms with Crippen LogP contribution >= 0.6 is 11.8 Å². The largest absolute Gasteiger partial charge is 0.507 e. The van der Waals surface area contributed by atoms with Gasteiger partial charge in [-0.3, -0.25) is 4.79 Å². The molecule has 7 heteroatoms. The molecule has 1 aliphatic rings. The van der Waals surface area contributed by atoms with E-state index in [1.54, 1.807) is 0 Å². The maximum atomic E-state index is 12.9. The van der Waals surface area contributed by atoms with Crippen molar-refractivity contribution in [1.82, 2.24) is 4.90 Å². The Bertz CT molecular complexity index is 522. The number of hydrogen-bond donors (Lipinski definition) is 2. The van der Waals surface area contributed by atoms with E-state index in [0.29, 0.717) is 11.5 Å². The van der Waals surface area contributed by atoms with Crippen LogP contribution in [0.3, 0.4) is 0 Å². The minimum absolute atomic E-state index is 0.0837. The highest BCUT2D eigenvalue weighted by molar-refractivity contribution is 7.99. The first-order valence-corrected chi connectivity index (χ1v) is 6.76. The second-order valence-corrected chi connectivity index (χ2v) is 5.24. The van der Waals surface area contributed by atoms with Crippen LogP contribution in [0, 0.1) is 5.82 Å². The van der Waals surface area contributed by atoms with Gasteiger partial charge in [0.15, 0.2) is 0 Å². The Morgan fingerprint density at radius 2 is 2.16 bits per heavy atom. The van der Waals surface area contributed by atoms with Crippen LogP contribution in [0.4, 0.5) is 4.39 Å². The van der Waals surface area contributed by atoms with Crippen molar-refractivity contribution in [1.29, 1.82) is 0 Å². The van der Waals surface area contributed by atoms with Crippen molar-refractivity contribution in [3.63, 3.8) is 0 Å². The zero-order valence-electron chi connectivity index (χ0n) is 9.88. The molecule has 0 spiro atoms. The molecular formula is C12H12FNO4S. The first kappa shape index (κ1) is 13.7. The number of carboxylic acid groups (broad SMARTS) is 1. The Balaban J connectivity index is 2.28. The van der Waals surface area contributed by atoms with Gasteiger partial charge in [0.2, 0.25) is 0 Å². The Morgan fingerprint density at radius 3 is 2.79 bits per heavy atom. The molecule has 1 heterocycles. The summed E-state index contributed by atoms with van der Waals surface area (Å²) in [7, 11) is 0. The third-order valence-corrected chi connectivity index (χ3v) is 3.89. The van der Waals surface area contributed by atoms with Gasteiger partial charge < -0.3 is 15.1 Å². The molecule has 102 valence electrons. The highest BCUT2D eigenvalue weighted by Crippen LogP contribution is 2.24. The summed E-state index contributed by atoms with van der Waals surface area (Å²) < 4.78 is 12.9. The summed E-state index contributed by atoms with van der Waals surface area (Å²) in [5.41, 5.74) is -0.0837. The molecule has 1 saturated heterocycles. The molecule has 0 bridgehead atoms. The number of hydrogen-bond acceptors (Lipinski definition) is 4. The zero-order chi connectivity index (χ0) is 14.0. The number of thioether (sulfide) groups is 1. The molecule has 1 atom stereocenters. The average molecular weight is 285 g/mol. The van der Waals surface area contributed by atoms with Crippen molar-refractivity contribution in [3.05, 3.63) is 29.6 Å². The first-order valence-electron chi connectivity index (χ1n) is 5.60. The summed E-state index contributed by atoms with van der Waals surface area (Å²) in [6.45, 7) is 0.289. The molecule has 0 saturated carbocycles. The van der Waals surface area contributed by atoms with Crippen molar-refractivity contribution in [2.75, 3.05) is 18.1 Å². The van der Waals surface area contributed by atoms with E-state index >= 15 is 0 Å². The van der Waals surface area contributed by atoms with Crippen molar-refractivity contribution in [2.24, 2.45) is 0 Å². The van der Waals surface area contributed by atoms with E-state index in [1.807, 2.05) is 0 Å². The molecule has 19 heavy (non-hydrogen) atoms. The van der Waals surface area contributed by atoms with Crippen LogP contribution in [0.1, 0.15) is 10.4 Å². The van der Waals surface area contributed by atoms with E-state index in [4.69, 9.17) is 5.11 Å². The Labute approximate surface area is 113 Å². The van der Waals surface area contributed by atoms with Crippen LogP contribution in [0.2, 0.25) is 0 Å². The molecule has 2 N–H and O–H groups in total. The lowest BCUT2D eigenvalue weighted by molar-refractivity contribution is -0.141. The predicted octanol–water partition coefficient (Wildman–Crippen LogP) is 1.17. The normalized spacial score (nSPS) is 19.2. The second kappa shape index (κ2) is 5.48. The summed E-state index contributed by atoms with van der Waals surface area (Å²) >= 11 is 1.46. The maximum Gasteiger partial charge on any atom is 0.327 e. The summed E-state index contributed by atoms with van der Waals surface area (Å²) in [6.07, 6.45) is 0. The number of benzene rings is 1. The van der Waals surface area contributed by atoms with Gasteiger partial charge in [-0.2, -0.15) is 11.8 Å². The van der Waals surface area contributed by atoms with Gasteiger partial charge in [0.25, 0.3) is 5.91 Å². The number of carbonyl (C=O) groups is 2. The van der Waals surface area contributed by atoms with Crippen LogP contribution in [0.5, 0.6) is 5.75 Å². The molecule has 0 aliphatic carbocycles. The lowest BCUT2D eigenvalue weighted by Crippen LogP contribution is -2.50. The summed E-state index contributed by atoms with van der Waals surface area (Å²) in [4.78, 5) is 24.5. The van der Waals surface area contributed by atoms with Gasteiger partial charge in [-0.05, 0) is 12.1 Å². The van der Waals surface area contributed by atoms with Gasteiger partial charge in [0, 0.05) is 24.1 Å². The molecule has 0 radical (unpaired) electrons. The summed E-state index contributed by atoms with van der Waals surface area (Å²) in [5.74, 6) is -1.86. The number of halogens is 1. The number of aliphatic carboxylic acids is 1. The Morgan fingerprint density at radius 1 is 1.42 bits per heavy atom. The average Bonchev–Trinajstić information content (AvgIpc) is 2.38. The first-order chi connectivity index (χ1) is 9.00. The van der Waals surface area contributed by atoms with Crippen molar-refractivity contribution in [3.8, 4) is 5.75 Å². The zero-order valence-corrected chi connectivity index (χ0v) is 10.7. The standard InChI is InChI=1S/C12H12FNO4S/c13-7-1-2-8(10(15)5-7)11(16)14-3-4-19-6-9(14)12(17)18/h1-2,5,9,15H,3-4,6H2,(H,17,18). The van der Waals surface area contributed by atoms with E-state index in [1.165, 1.54) is 16.7 Å². The molecule has 1 aromatic rings. The maximum absolute atomic E-state index is 12.9. The number of rotatable bonds is 2. The van der Waals surface area contributed by atoms with Gasteiger partial charge >= 0.3 is 5.97 Å². The Hall–Kier alpha value is -1.76. The molecule has 1 amide bonds. The molecule has 2 rings (SSSR count). The quantitative estimate of drug-likeness (QED) is 0.853. The van der Waals surface area contributed by atoms with Crippen LogP contribution in [-0.2, 0) is 4.79 Å². The van der Waals surface area contributed by atoms with E-state index < -0.39 is 29.5 Å². The van der Waals surface area contributed by atoms with Crippen LogP contribution in [0.25, 0.3) is 0 Å². The molecular weight excluding hydrogens is 273 g/mol. The van der Waals surface area contributed by atoms with Gasteiger partial charge in [0.05, 0.1) is 5.56 Å². The van der Waals surface area contributed by atoms with E-state index in [0.717, 1.165) is 18.2 Å². The van der Waals surface area contributed by atoms with Crippen LogP contribution < -0.4 is 0 Å². The van der Waals surface area contributed by atoms with Crippen molar-refractivity contribution >= 4 is 23.6 Å². The predicted molar refractivity (Wildman–Crippen MR) is 67.9 cm³/mol. The number of carbonyl (C=O) groups excluding carboxylic acids is 1. The fourth-order valence-electron chi connectivity index (χ4n) is 1.89.